The van der Waals surface area contributed by atoms with Crippen LogP contribution in [0.3, 0.4) is 0 Å². The van der Waals surface area contributed by atoms with Gasteiger partial charge >= 0.3 is 6.71 Å². The molecule has 1 amide bonds. The van der Waals surface area contributed by atoms with Crippen LogP contribution in [0.15, 0.2) is 83.1 Å². The van der Waals surface area contributed by atoms with Gasteiger partial charge in [-0.25, -0.2) is 0 Å². The quantitative estimate of drug-likeness (QED) is 0.104. The Kier molecular flexibility index (Phi) is 7.43. The summed E-state index contributed by atoms with van der Waals surface area (Å²) in [6.07, 6.45) is 1.08. The molecular formula is C24H19Cl2N5O4P2. The Labute approximate surface area is 223 Å². The average molecular weight is 574 g/mol. The molecule has 0 radical (unpaired) electrons. The standard InChI is InChI=1S/C24H19Cl2N5O4P2/c1-17-7-5-10-21(13-17)30-36(25,31(37(30,26)35)22-11-6-8-18(2)14-22)28-24(32)20(16-27)15-19-9-3-4-12-23(19)29(33)34/h3-15H,1-2H3/b20-15-. The summed E-state index contributed by atoms with van der Waals surface area (Å²) in [5.74, 6) is -1.02. The highest BCUT2D eigenvalue weighted by Gasteiger charge is 2.68. The summed E-state index contributed by atoms with van der Waals surface area (Å²) in [6.45, 7) is 0.0345. The van der Waals surface area contributed by atoms with E-state index in [0.717, 1.165) is 17.2 Å². The summed E-state index contributed by atoms with van der Waals surface area (Å²) in [5.41, 5.74) is 1.79. The molecule has 4 rings (SSSR count). The lowest BCUT2D eigenvalue weighted by Gasteiger charge is -2.56. The van der Waals surface area contributed by atoms with Crippen molar-refractivity contribution in [2.24, 2.45) is 4.74 Å². The lowest BCUT2D eigenvalue weighted by Crippen LogP contribution is -2.48. The zero-order chi connectivity index (χ0) is 27.0. The highest BCUT2D eigenvalue weighted by atomic mass is 35.7. The Morgan fingerprint density at radius 2 is 1.59 bits per heavy atom. The zero-order valence-corrected chi connectivity index (χ0v) is 22.8. The molecule has 13 heteroatoms. The van der Waals surface area contributed by atoms with E-state index in [1.165, 1.54) is 27.1 Å². The lowest BCUT2D eigenvalue weighted by molar-refractivity contribution is -0.385. The second kappa shape index (κ2) is 10.3. The number of aryl methyl sites for hydroxylation is 2. The summed E-state index contributed by atoms with van der Waals surface area (Å²) in [4.78, 5) is 37.9. The number of rotatable bonds is 5. The maximum absolute atomic E-state index is 13.8. The molecular weight excluding hydrogens is 555 g/mol. The highest BCUT2D eigenvalue weighted by molar-refractivity contribution is 8.23. The Bertz CT molecular complexity index is 1490. The molecule has 1 heterocycles. The van der Waals surface area contributed by atoms with Gasteiger partial charge in [0, 0.05) is 6.07 Å². The van der Waals surface area contributed by atoms with Crippen molar-refractivity contribution in [1.82, 2.24) is 0 Å². The first-order chi connectivity index (χ1) is 17.5. The van der Waals surface area contributed by atoms with Crippen LogP contribution in [0.4, 0.5) is 17.1 Å². The molecule has 0 N–H and O–H groups in total. The van der Waals surface area contributed by atoms with E-state index in [1.807, 2.05) is 26.0 Å². The number of hydrogen-bond acceptors (Lipinski definition) is 5. The van der Waals surface area contributed by atoms with Gasteiger partial charge in [-0.3, -0.25) is 14.9 Å². The molecule has 0 aromatic heterocycles. The van der Waals surface area contributed by atoms with E-state index < -0.39 is 30.3 Å². The summed E-state index contributed by atoms with van der Waals surface area (Å²) in [7, 11) is -3.86. The Morgan fingerprint density at radius 1 is 1.05 bits per heavy atom. The first kappa shape index (κ1) is 26.8. The first-order valence-electron chi connectivity index (χ1n) is 10.8. The van der Waals surface area contributed by atoms with E-state index in [4.69, 9.17) is 22.5 Å². The molecule has 1 fully saturated rings. The second-order valence-corrected chi connectivity index (χ2v) is 15.2. The van der Waals surface area contributed by atoms with Crippen LogP contribution >= 0.6 is 36.3 Å². The predicted octanol–water partition coefficient (Wildman–Crippen LogP) is 7.13. The van der Waals surface area contributed by atoms with Crippen molar-refractivity contribution in [3.8, 4) is 6.07 Å². The molecule has 3 aromatic rings. The van der Waals surface area contributed by atoms with E-state index in [0.29, 0.717) is 11.4 Å². The average Bonchev–Trinajstić information content (AvgIpc) is 2.82. The van der Waals surface area contributed by atoms with Gasteiger partial charge in [0.25, 0.3) is 18.7 Å². The van der Waals surface area contributed by atoms with E-state index in [9.17, 15) is 25.1 Å². The van der Waals surface area contributed by atoms with Crippen molar-refractivity contribution < 1.29 is 14.6 Å². The van der Waals surface area contributed by atoms with E-state index in [1.54, 1.807) is 48.5 Å². The fourth-order valence-corrected chi connectivity index (χ4v) is 14.5. The third-order valence-corrected chi connectivity index (χ3v) is 14.9. The molecule has 0 bridgehead atoms. The maximum atomic E-state index is 13.8. The first-order valence-corrected chi connectivity index (χ1v) is 15.8. The fraction of sp³-hybridized carbons (Fsp3) is 0.0833. The number of anilines is 2. The van der Waals surface area contributed by atoms with Gasteiger partial charge in [-0.15, -0.1) is 8.88 Å². The van der Waals surface area contributed by atoms with Gasteiger partial charge in [-0.05, 0) is 72.6 Å². The van der Waals surface area contributed by atoms with Crippen molar-refractivity contribution >= 4 is 65.4 Å². The van der Waals surface area contributed by atoms with Gasteiger partial charge in [0.2, 0.25) is 0 Å². The Morgan fingerprint density at radius 3 is 2.08 bits per heavy atom. The fourth-order valence-electron chi connectivity index (χ4n) is 3.82. The number of nitrogens with zero attached hydrogens (tertiary/aromatic N) is 5. The molecule has 3 aromatic carbocycles. The van der Waals surface area contributed by atoms with E-state index in [-0.39, 0.29) is 11.3 Å². The third-order valence-electron chi connectivity index (χ3n) is 5.42. The number of carbonyl (C=O) groups excluding carboxylic acids is 1. The Balaban J connectivity index is 1.89. The minimum atomic E-state index is -3.86. The summed E-state index contributed by atoms with van der Waals surface area (Å²) < 4.78 is 6.69. The number of hydrogen-bond donors (Lipinski definition) is 0. The molecule has 1 aliphatic heterocycles. The number of benzene rings is 3. The lowest BCUT2D eigenvalue weighted by atomic mass is 10.1. The van der Waals surface area contributed by atoms with Crippen molar-refractivity contribution in [3.63, 3.8) is 0 Å². The number of carbonyl (C=O) groups is 1. The number of nitriles is 1. The number of nitro benzene ring substituents is 1. The van der Waals surface area contributed by atoms with Crippen molar-refractivity contribution in [2.45, 2.75) is 13.8 Å². The molecule has 0 atom stereocenters. The third kappa shape index (κ3) is 5.00. The van der Waals surface area contributed by atoms with Crippen LogP contribution < -0.4 is 13.8 Å². The van der Waals surface area contributed by atoms with Gasteiger partial charge < -0.3 is 4.89 Å². The van der Waals surface area contributed by atoms with Gasteiger partial charge in [0.15, 0.2) is 0 Å². The molecule has 9 nitrogen and oxygen atoms in total. The van der Waals surface area contributed by atoms with Crippen LogP contribution in [-0.2, 0) is 4.79 Å². The number of halogens is 2. The summed E-state index contributed by atoms with van der Waals surface area (Å²) >= 11 is 13.7. The van der Waals surface area contributed by atoms with Crippen LogP contribution in [-0.4, -0.2) is 10.8 Å². The minimum Gasteiger partial charge on any atom is -0.627 e. The van der Waals surface area contributed by atoms with Gasteiger partial charge in [0.1, 0.15) is 22.9 Å². The molecule has 188 valence electrons. The highest BCUT2D eigenvalue weighted by Crippen LogP contribution is 2.94. The van der Waals surface area contributed by atoms with Crippen LogP contribution in [0.2, 0.25) is 0 Å². The topological polar surface area (TPSA) is 126 Å². The molecule has 1 aliphatic rings. The zero-order valence-electron chi connectivity index (χ0n) is 19.5. The Hall–Kier alpha value is -3.24. The molecule has 0 unspecified atom stereocenters. The second-order valence-electron chi connectivity index (χ2n) is 8.12. The van der Waals surface area contributed by atoms with Gasteiger partial charge in [0.05, 0.1) is 21.9 Å². The van der Waals surface area contributed by atoms with Crippen molar-refractivity contribution in [3.05, 3.63) is 105 Å². The summed E-state index contributed by atoms with van der Waals surface area (Å²) in [6, 6.07) is 21.3. The number of amides is 1. The normalized spacial score (nSPS) is 21.1. The number of para-hydroxylation sites is 1. The van der Waals surface area contributed by atoms with Crippen LogP contribution in [0.25, 0.3) is 6.08 Å². The maximum Gasteiger partial charge on any atom is 0.313 e. The minimum absolute atomic E-state index is 0.0530. The van der Waals surface area contributed by atoms with Gasteiger partial charge in [-0.2, -0.15) is 10.0 Å². The largest absolute Gasteiger partial charge is 0.627 e. The van der Waals surface area contributed by atoms with E-state index in [2.05, 4.69) is 4.74 Å². The van der Waals surface area contributed by atoms with Crippen LogP contribution in [0.5, 0.6) is 0 Å². The molecule has 37 heavy (non-hydrogen) atoms. The summed E-state index contributed by atoms with van der Waals surface area (Å²) in [5, 5.41) is 21.1. The van der Waals surface area contributed by atoms with Crippen molar-refractivity contribution in [2.75, 3.05) is 8.88 Å². The molecule has 0 spiro atoms. The molecule has 0 saturated carbocycles. The SMILES string of the molecule is Cc1cccc(N2P(Cl)(=NC(=O)/C(C#N)=C\c3ccccc3[N+](=O)[O-])N(c3cccc(C)c3)[P+]2([O-])Cl)c1. The van der Waals surface area contributed by atoms with Crippen molar-refractivity contribution in [1.29, 1.82) is 5.26 Å². The van der Waals surface area contributed by atoms with Crippen LogP contribution in [0.1, 0.15) is 16.7 Å². The molecule has 0 aliphatic carbocycles. The van der Waals surface area contributed by atoms with Crippen LogP contribution in [0, 0.1) is 35.3 Å². The smallest absolute Gasteiger partial charge is 0.313 e. The monoisotopic (exact) mass is 573 g/mol. The van der Waals surface area contributed by atoms with E-state index >= 15 is 0 Å². The predicted molar refractivity (Wildman–Crippen MR) is 147 cm³/mol. The van der Waals surface area contributed by atoms with Gasteiger partial charge in [-0.1, -0.05) is 36.4 Å². The number of nitro groups is 1. The molecule has 1 saturated heterocycles.